The summed E-state index contributed by atoms with van der Waals surface area (Å²) in [4.78, 5) is 10.8. The zero-order valence-corrected chi connectivity index (χ0v) is 15.0. The molecular formula is C19H38N2O. The average Bonchev–Trinajstić information content (AvgIpc) is 2.50. The van der Waals surface area contributed by atoms with Crippen molar-refractivity contribution in [3.05, 3.63) is 11.6 Å². The highest BCUT2D eigenvalue weighted by Gasteiger charge is 1.95. The second-order valence-electron chi connectivity index (χ2n) is 6.33. The summed E-state index contributed by atoms with van der Waals surface area (Å²) in [5.74, 6) is -0.307. The van der Waals surface area contributed by atoms with Gasteiger partial charge >= 0.3 is 0 Å². The molecule has 3 nitrogen and oxygen atoms in total. The van der Waals surface area contributed by atoms with Gasteiger partial charge in [0.2, 0.25) is 5.91 Å². The van der Waals surface area contributed by atoms with E-state index in [0.717, 1.165) is 25.9 Å². The fourth-order valence-electron chi connectivity index (χ4n) is 2.51. The maximum absolute atomic E-state index is 10.8. The minimum absolute atomic E-state index is 0.307. The summed E-state index contributed by atoms with van der Waals surface area (Å²) in [6, 6.07) is 0. The van der Waals surface area contributed by atoms with Crippen LogP contribution in [0.4, 0.5) is 0 Å². The summed E-state index contributed by atoms with van der Waals surface area (Å²) >= 11 is 0. The number of carbonyl (C=O) groups is 1. The fraction of sp³-hybridized carbons (Fsp3) is 0.842. The Bertz CT molecular complexity index is 287. The number of primary amides is 1. The van der Waals surface area contributed by atoms with Crippen molar-refractivity contribution in [2.45, 2.75) is 90.9 Å². The second kappa shape index (κ2) is 16.5. The van der Waals surface area contributed by atoms with Crippen LogP contribution in [-0.4, -0.2) is 19.0 Å². The van der Waals surface area contributed by atoms with Gasteiger partial charge in [0, 0.05) is 5.57 Å². The maximum atomic E-state index is 10.8. The molecule has 0 aliphatic heterocycles. The van der Waals surface area contributed by atoms with Crippen LogP contribution < -0.4 is 11.1 Å². The summed E-state index contributed by atoms with van der Waals surface area (Å²) in [5, 5.41) is 3.47. The lowest BCUT2D eigenvalue weighted by Crippen LogP contribution is -2.16. The predicted molar refractivity (Wildman–Crippen MR) is 96.9 cm³/mol. The van der Waals surface area contributed by atoms with Crippen LogP contribution in [0.25, 0.3) is 0 Å². The van der Waals surface area contributed by atoms with E-state index in [9.17, 15) is 4.79 Å². The Morgan fingerprint density at radius 3 is 1.91 bits per heavy atom. The van der Waals surface area contributed by atoms with Crippen molar-refractivity contribution in [1.29, 1.82) is 0 Å². The van der Waals surface area contributed by atoms with E-state index >= 15 is 0 Å². The van der Waals surface area contributed by atoms with Gasteiger partial charge in [-0.15, -0.1) is 0 Å². The smallest absolute Gasteiger partial charge is 0.244 e. The van der Waals surface area contributed by atoms with Crippen molar-refractivity contribution in [3.8, 4) is 0 Å². The summed E-state index contributed by atoms with van der Waals surface area (Å²) < 4.78 is 0. The fourth-order valence-corrected chi connectivity index (χ4v) is 2.51. The highest BCUT2D eigenvalue weighted by Crippen LogP contribution is 2.10. The zero-order valence-electron chi connectivity index (χ0n) is 15.0. The minimum Gasteiger partial charge on any atom is -0.366 e. The summed E-state index contributed by atoms with van der Waals surface area (Å²) in [5.41, 5.74) is 5.85. The number of hydrogen-bond donors (Lipinski definition) is 2. The molecule has 0 aromatic rings. The van der Waals surface area contributed by atoms with E-state index in [4.69, 9.17) is 5.73 Å². The third-order valence-electron chi connectivity index (χ3n) is 4.10. The molecule has 0 radical (unpaired) electrons. The third-order valence-corrected chi connectivity index (χ3v) is 4.10. The van der Waals surface area contributed by atoms with E-state index in [2.05, 4.69) is 12.2 Å². The normalized spacial score (nSPS) is 11.8. The Labute approximate surface area is 138 Å². The third kappa shape index (κ3) is 15.6. The molecule has 0 saturated heterocycles. The Balaban J connectivity index is 3.12. The molecule has 0 spiro atoms. The van der Waals surface area contributed by atoms with Crippen LogP contribution in [0.2, 0.25) is 0 Å². The molecule has 0 aliphatic rings. The molecule has 130 valence electrons. The molecule has 0 aliphatic carbocycles. The first kappa shape index (κ1) is 21.2. The largest absolute Gasteiger partial charge is 0.366 e. The Hall–Kier alpha value is -0.830. The predicted octanol–water partition coefficient (Wildman–Crippen LogP) is 4.71. The molecule has 0 unspecified atom stereocenters. The van der Waals surface area contributed by atoms with Crippen molar-refractivity contribution < 1.29 is 4.79 Å². The summed E-state index contributed by atoms with van der Waals surface area (Å²) in [6.07, 6.45) is 17.8. The van der Waals surface area contributed by atoms with E-state index in [1.807, 2.05) is 6.08 Å². The number of carbonyl (C=O) groups excluding carboxylic acids is 1. The van der Waals surface area contributed by atoms with Gasteiger partial charge in [-0.2, -0.15) is 0 Å². The molecule has 0 heterocycles. The van der Waals surface area contributed by atoms with Gasteiger partial charge in [-0.25, -0.2) is 0 Å². The number of unbranched alkanes of at least 4 members (excludes halogenated alkanes) is 10. The molecule has 0 aromatic heterocycles. The molecule has 3 N–H and O–H groups in total. The quantitative estimate of drug-likeness (QED) is 0.320. The van der Waals surface area contributed by atoms with Crippen molar-refractivity contribution in [3.63, 3.8) is 0 Å². The van der Waals surface area contributed by atoms with Crippen molar-refractivity contribution in [1.82, 2.24) is 5.32 Å². The van der Waals surface area contributed by atoms with Crippen LogP contribution >= 0.6 is 0 Å². The van der Waals surface area contributed by atoms with Gasteiger partial charge < -0.3 is 11.1 Å². The van der Waals surface area contributed by atoms with Gasteiger partial charge in [0.05, 0.1) is 0 Å². The monoisotopic (exact) mass is 310 g/mol. The van der Waals surface area contributed by atoms with Crippen LogP contribution in [-0.2, 0) is 4.79 Å². The number of hydrogen-bond acceptors (Lipinski definition) is 2. The maximum Gasteiger partial charge on any atom is 0.244 e. The lowest BCUT2D eigenvalue weighted by Gasteiger charge is -2.04. The molecule has 0 bridgehead atoms. The molecule has 0 atom stereocenters. The van der Waals surface area contributed by atoms with Gasteiger partial charge in [0.15, 0.2) is 0 Å². The zero-order chi connectivity index (χ0) is 16.5. The summed E-state index contributed by atoms with van der Waals surface area (Å²) in [7, 11) is 0. The molecule has 0 fully saturated rings. The van der Waals surface area contributed by atoms with Crippen LogP contribution in [0, 0.1) is 0 Å². The topological polar surface area (TPSA) is 55.1 Å². The van der Waals surface area contributed by atoms with Crippen molar-refractivity contribution in [2.24, 2.45) is 5.73 Å². The second-order valence-corrected chi connectivity index (χ2v) is 6.33. The van der Waals surface area contributed by atoms with Gasteiger partial charge in [-0.1, -0.05) is 70.8 Å². The lowest BCUT2D eigenvalue weighted by molar-refractivity contribution is -0.114. The number of allylic oxidation sites excluding steroid dienone is 1. The first-order valence-electron chi connectivity index (χ1n) is 9.35. The Morgan fingerprint density at radius 1 is 0.864 bits per heavy atom. The van der Waals surface area contributed by atoms with Gasteiger partial charge in [-0.3, -0.25) is 4.79 Å². The van der Waals surface area contributed by atoms with Crippen LogP contribution in [0.1, 0.15) is 90.9 Å². The lowest BCUT2D eigenvalue weighted by atomic mass is 10.1. The highest BCUT2D eigenvalue weighted by molar-refractivity contribution is 5.91. The molecule has 0 rings (SSSR count). The highest BCUT2D eigenvalue weighted by atomic mass is 16.1. The van der Waals surface area contributed by atoms with Crippen LogP contribution in [0.3, 0.4) is 0 Å². The SMILES string of the molecule is CCCCCCCCCCCCNCCCC=C(C)C(N)=O. The van der Waals surface area contributed by atoms with Gasteiger partial charge in [0.1, 0.15) is 0 Å². The van der Waals surface area contributed by atoms with Crippen LogP contribution in [0.15, 0.2) is 11.6 Å². The van der Waals surface area contributed by atoms with E-state index in [0.29, 0.717) is 5.57 Å². The van der Waals surface area contributed by atoms with Gasteiger partial charge in [0.25, 0.3) is 0 Å². The minimum atomic E-state index is -0.307. The standard InChI is InChI=1S/C19H38N2O/c1-3-4-5-6-7-8-9-10-11-13-16-21-17-14-12-15-18(2)19(20)22/h15,21H,3-14,16-17H2,1-2H3,(H2,20,22). The first-order chi connectivity index (χ1) is 10.7. The van der Waals surface area contributed by atoms with Crippen LogP contribution in [0.5, 0.6) is 0 Å². The number of nitrogens with two attached hydrogens (primary N) is 1. The molecule has 3 heteroatoms. The van der Waals surface area contributed by atoms with E-state index < -0.39 is 0 Å². The first-order valence-corrected chi connectivity index (χ1v) is 9.35. The van der Waals surface area contributed by atoms with Crippen molar-refractivity contribution in [2.75, 3.05) is 13.1 Å². The molecular weight excluding hydrogens is 272 g/mol. The molecule has 22 heavy (non-hydrogen) atoms. The van der Waals surface area contributed by atoms with E-state index in [-0.39, 0.29) is 5.91 Å². The molecule has 0 aromatic carbocycles. The number of rotatable bonds is 16. The molecule has 0 saturated carbocycles. The van der Waals surface area contributed by atoms with E-state index in [1.165, 1.54) is 64.2 Å². The van der Waals surface area contributed by atoms with Crippen molar-refractivity contribution >= 4 is 5.91 Å². The Kier molecular flexibility index (Phi) is 15.9. The van der Waals surface area contributed by atoms with Gasteiger partial charge in [-0.05, 0) is 39.3 Å². The van der Waals surface area contributed by atoms with E-state index in [1.54, 1.807) is 6.92 Å². The Morgan fingerprint density at radius 2 is 1.36 bits per heavy atom. The molecule has 1 amide bonds. The summed E-state index contributed by atoms with van der Waals surface area (Å²) in [6.45, 7) is 6.20. The average molecular weight is 311 g/mol. The number of amides is 1. The number of nitrogens with one attached hydrogen (secondary N) is 1.